The van der Waals surface area contributed by atoms with Gasteiger partial charge < -0.3 is 5.73 Å². The Balaban J connectivity index is 2.21. The van der Waals surface area contributed by atoms with E-state index in [1.165, 1.54) is 18.4 Å². The van der Waals surface area contributed by atoms with Crippen molar-refractivity contribution in [2.24, 2.45) is 11.7 Å². The van der Waals surface area contributed by atoms with E-state index in [1.54, 1.807) is 0 Å². The molecule has 0 aromatic heterocycles. The Morgan fingerprint density at radius 1 is 1.42 bits per heavy atom. The molecule has 0 heterocycles. The average Bonchev–Trinajstić information content (AvgIpc) is 3.17. The highest BCUT2D eigenvalue weighted by atomic mass is 79.9. The van der Waals surface area contributed by atoms with Crippen LogP contribution in [0.15, 0.2) is 22.7 Å². The molecule has 2 rings (SSSR count). The molecule has 1 atom stereocenters. The van der Waals surface area contributed by atoms with Crippen molar-refractivity contribution in [3.63, 3.8) is 0 Å². The van der Waals surface area contributed by atoms with Crippen LogP contribution in [0.3, 0.4) is 0 Å². The van der Waals surface area contributed by atoms with Gasteiger partial charge in [-0.25, -0.2) is 0 Å². The number of halogens is 2. The number of hydrogen-bond donors (Lipinski definition) is 1. The van der Waals surface area contributed by atoms with E-state index in [-0.39, 0.29) is 6.04 Å². The predicted molar refractivity (Wildman–Crippen MR) is 85.5 cm³/mol. The first-order valence-corrected chi connectivity index (χ1v) is 8.10. The van der Waals surface area contributed by atoms with Crippen LogP contribution in [0.4, 0.5) is 0 Å². The van der Waals surface area contributed by atoms with Gasteiger partial charge in [0.15, 0.2) is 0 Å². The van der Waals surface area contributed by atoms with Gasteiger partial charge in [-0.15, -0.1) is 0 Å². The van der Waals surface area contributed by atoms with Gasteiger partial charge in [0.05, 0.1) is 5.02 Å². The normalized spacial score (nSPS) is 17.2. The van der Waals surface area contributed by atoms with E-state index >= 15 is 0 Å². The Morgan fingerprint density at radius 3 is 2.58 bits per heavy atom. The van der Waals surface area contributed by atoms with Crippen LogP contribution in [0.25, 0.3) is 0 Å². The van der Waals surface area contributed by atoms with E-state index < -0.39 is 0 Å². The third-order valence-corrected chi connectivity index (χ3v) is 5.00. The summed E-state index contributed by atoms with van der Waals surface area (Å²) in [5.41, 5.74) is 7.28. The lowest BCUT2D eigenvalue weighted by Gasteiger charge is -2.35. The minimum absolute atomic E-state index is 0.272. The van der Waals surface area contributed by atoms with Crippen LogP contribution in [0.5, 0.6) is 0 Å². The molecule has 4 heteroatoms. The van der Waals surface area contributed by atoms with Gasteiger partial charge in [-0.05, 0) is 66.2 Å². The molecular formula is C15H22BrClN2. The van der Waals surface area contributed by atoms with Crippen LogP contribution in [0, 0.1) is 5.92 Å². The van der Waals surface area contributed by atoms with Crippen LogP contribution in [0.2, 0.25) is 5.02 Å². The Morgan fingerprint density at radius 2 is 2.11 bits per heavy atom. The number of benzene rings is 1. The van der Waals surface area contributed by atoms with Crippen LogP contribution in [-0.4, -0.2) is 24.0 Å². The van der Waals surface area contributed by atoms with Crippen LogP contribution in [0.1, 0.15) is 38.3 Å². The van der Waals surface area contributed by atoms with Crippen molar-refractivity contribution in [3.8, 4) is 0 Å². The monoisotopic (exact) mass is 344 g/mol. The summed E-state index contributed by atoms with van der Waals surface area (Å²) in [6.45, 7) is 6.28. The lowest BCUT2D eigenvalue weighted by Crippen LogP contribution is -2.40. The lowest BCUT2D eigenvalue weighted by atomic mass is 10.0. The van der Waals surface area contributed by atoms with E-state index in [2.05, 4.69) is 46.8 Å². The van der Waals surface area contributed by atoms with Gasteiger partial charge in [-0.1, -0.05) is 17.7 Å². The van der Waals surface area contributed by atoms with E-state index in [4.69, 9.17) is 17.3 Å². The van der Waals surface area contributed by atoms with E-state index in [1.807, 2.05) is 6.07 Å². The second kappa shape index (κ2) is 6.57. The first kappa shape index (κ1) is 15.3. The molecule has 1 aromatic rings. The first-order chi connectivity index (χ1) is 9.02. The Kier molecular flexibility index (Phi) is 5.29. The minimum atomic E-state index is 0.272. The minimum Gasteiger partial charge on any atom is -0.329 e. The molecule has 1 saturated carbocycles. The molecule has 106 valence electrons. The quantitative estimate of drug-likeness (QED) is 0.836. The second-order valence-electron chi connectivity index (χ2n) is 5.66. The Hall–Kier alpha value is -0.0900. The number of nitrogens with zero attached hydrogens (tertiary/aromatic N) is 1. The van der Waals surface area contributed by atoms with Gasteiger partial charge in [0.25, 0.3) is 0 Å². The zero-order valence-corrected chi connectivity index (χ0v) is 13.9. The van der Waals surface area contributed by atoms with Crippen molar-refractivity contribution >= 4 is 27.5 Å². The molecule has 0 aliphatic heterocycles. The van der Waals surface area contributed by atoms with Crippen molar-refractivity contribution in [3.05, 3.63) is 33.3 Å². The summed E-state index contributed by atoms with van der Waals surface area (Å²) in [6.07, 6.45) is 2.73. The summed E-state index contributed by atoms with van der Waals surface area (Å²) < 4.78 is 0.945. The molecule has 0 saturated heterocycles. The molecule has 1 unspecified atom stereocenters. The fourth-order valence-corrected chi connectivity index (χ4v) is 2.99. The summed E-state index contributed by atoms with van der Waals surface area (Å²) in [5.74, 6) is 0.868. The van der Waals surface area contributed by atoms with Gasteiger partial charge in [-0.3, -0.25) is 4.90 Å². The van der Waals surface area contributed by atoms with Gasteiger partial charge in [0, 0.05) is 29.6 Å². The fourth-order valence-electron chi connectivity index (χ4n) is 2.48. The second-order valence-corrected chi connectivity index (χ2v) is 6.92. The van der Waals surface area contributed by atoms with Crippen LogP contribution in [-0.2, 0) is 0 Å². The zero-order chi connectivity index (χ0) is 14.0. The summed E-state index contributed by atoms with van der Waals surface area (Å²) in [4.78, 5) is 2.52. The third kappa shape index (κ3) is 3.94. The molecule has 0 radical (unpaired) electrons. The third-order valence-electron chi connectivity index (χ3n) is 3.78. The molecule has 1 aliphatic carbocycles. The Bertz CT molecular complexity index is 432. The number of hydrogen-bond acceptors (Lipinski definition) is 2. The van der Waals surface area contributed by atoms with Crippen molar-refractivity contribution in [2.45, 2.75) is 38.8 Å². The summed E-state index contributed by atoms with van der Waals surface area (Å²) in [5, 5.41) is 0.748. The van der Waals surface area contributed by atoms with Crippen molar-refractivity contribution in [1.29, 1.82) is 0 Å². The highest BCUT2D eigenvalue weighted by Crippen LogP contribution is 2.35. The fraction of sp³-hybridized carbons (Fsp3) is 0.600. The van der Waals surface area contributed by atoms with Crippen molar-refractivity contribution in [1.82, 2.24) is 4.90 Å². The van der Waals surface area contributed by atoms with Gasteiger partial charge in [-0.2, -0.15) is 0 Å². The highest BCUT2D eigenvalue weighted by Gasteiger charge is 2.29. The molecule has 1 fully saturated rings. The standard InChI is InChI=1S/C15H22BrClN2/c1-10(2)19(9-11-3-4-11)15(8-18)12-5-6-14(17)13(16)7-12/h5-7,10-11,15H,3-4,8-9,18H2,1-2H3. The van der Waals surface area contributed by atoms with Gasteiger partial charge >= 0.3 is 0 Å². The largest absolute Gasteiger partial charge is 0.329 e. The topological polar surface area (TPSA) is 29.3 Å². The molecule has 0 bridgehead atoms. The van der Waals surface area contributed by atoms with E-state index in [0.29, 0.717) is 12.6 Å². The molecule has 0 amide bonds. The lowest BCUT2D eigenvalue weighted by molar-refractivity contribution is 0.149. The van der Waals surface area contributed by atoms with Crippen LogP contribution < -0.4 is 5.73 Å². The molecule has 0 spiro atoms. The Labute approximate surface area is 129 Å². The predicted octanol–water partition coefficient (Wildman–Crippen LogP) is 4.22. The first-order valence-electron chi connectivity index (χ1n) is 6.93. The van der Waals surface area contributed by atoms with Crippen molar-refractivity contribution < 1.29 is 0 Å². The smallest absolute Gasteiger partial charge is 0.0548 e. The highest BCUT2D eigenvalue weighted by molar-refractivity contribution is 9.10. The maximum absolute atomic E-state index is 6.07. The maximum atomic E-state index is 6.07. The van der Waals surface area contributed by atoms with E-state index in [0.717, 1.165) is 22.0 Å². The molecule has 19 heavy (non-hydrogen) atoms. The zero-order valence-electron chi connectivity index (χ0n) is 11.6. The summed E-state index contributed by atoms with van der Waals surface area (Å²) in [6, 6.07) is 6.91. The summed E-state index contributed by atoms with van der Waals surface area (Å²) >= 11 is 9.57. The van der Waals surface area contributed by atoms with Gasteiger partial charge in [0.1, 0.15) is 0 Å². The SMILES string of the molecule is CC(C)N(CC1CC1)C(CN)c1ccc(Cl)c(Br)c1. The molecule has 2 N–H and O–H groups in total. The molecule has 1 aromatic carbocycles. The molecular weight excluding hydrogens is 324 g/mol. The maximum Gasteiger partial charge on any atom is 0.0548 e. The van der Waals surface area contributed by atoms with Crippen molar-refractivity contribution in [2.75, 3.05) is 13.1 Å². The number of nitrogens with two attached hydrogens (primary N) is 1. The van der Waals surface area contributed by atoms with E-state index in [9.17, 15) is 0 Å². The summed E-state index contributed by atoms with van der Waals surface area (Å²) in [7, 11) is 0. The van der Waals surface area contributed by atoms with Gasteiger partial charge in [0.2, 0.25) is 0 Å². The molecule has 2 nitrogen and oxygen atoms in total. The number of rotatable bonds is 6. The van der Waals surface area contributed by atoms with Crippen LogP contribution >= 0.6 is 27.5 Å². The molecule has 1 aliphatic rings. The average molecular weight is 346 g/mol.